The zero-order chi connectivity index (χ0) is 15.4. The first-order valence-electron chi connectivity index (χ1n) is 6.20. The van der Waals surface area contributed by atoms with E-state index in [1.807, 2.05) is 6.92 Å². The lowest BCUT2D eigenvalue weighted by molar-refractivity contribution is -0.114. The second kappa shape index (κ2) is 6.91. The number of carbonyl (C=O) groups is 1. The lowest BCUT2D eigenvalue weighted by Crippen LogP contribution is -2.22. The molecule has 0 saturated heterocycles. The molecular formula is C15H13BrClFN2O. The highest BCUT2D eigenvalue weighted by molar-refractivity contribution is 9.10. The van der Waals surface area contributed by atoms with Crippen LogP contribution in [0.5, 0.6) is 0 Å². The van der Waals surface area contributed by atoms with Gasteiger partial charge in [0.05, 0.1) is 11.0 Å². The van der Waals surface area contributed by atoms with E-state index in [9.17, 15) is 9.18 Å². The molecule has 0 atom stereocenters. The molecule has 3 nitrogen and oxygen atoms in total. The van der Waals surface area contributed by atoms with Gasteiger partial charge in [-0.2, -0.15) is 0 Å². The van der Waals surface area contributed by atoms with Crippen molar-refractivity contribution < 1.29 is 9.18 Å². The van der Waals surface area contributed by atoms with Crippen LogP contribution >= 0.6 is 27.5 Å². The molecule has 2 aromatic carbocycles. The monoisotopic (exact) mass is 370 g/mol. The van der Waals surface area contributed by atoms with Crippen LogP contribution in [0.1, 0.15) is 5.56 Å². The highest BCUT2D eigenvalue weighted by Crippen LogP contribution is 2.23. The van der Waals surface area contributed by atoms with Gasteiger partial charge in [-0.25, -0.2) is 4.39 Å². The molecule has 1 amide bonds. The normalized spacial score (nSPS) is 10.3. The fourth-order valence-electron chi connectivity index (χ4n) is 1.78. The number of hydrogen-bond acceptors (Lipinski definition) is 2. The molecule has 110 valence electrons. The molecule has 2 rings (SSSR count). The van der Waals surface area contributed by atoms with E-state index in [4.69, 9.17) is 11.6 Å². The van der Waals surface area contributed by atoms with Gasteiger partial charge >= 0.3 is 0 Å². The Morgan fingerprint density at radius 1 is 1.33 bits per heavy atom. The summed E-state index contributed by atoms with van der Waals surface area (Å²) in [4.78, 5) is 11.8. The van der Waals surface area contributed by atoms with Crippen LogP contribution in [0.25, 0.3) is 0 Å². The van der Waals surface area contributed by atoms with Crippen LogP contribution in [-0.2, 0) is 4.79 Å². The molecular weight excluding hydrogens is 359 g/mol. The maximum atomic E-state index is 13.5. The number of carbonyl (C=O) groups excluding carboxylic acids is 1. The maximum absolute atomic E-state index is 13.5. The number of nitrogens with one attached hydrogen (secondary N) is 2. The minimum Gasteiger partial charge on any atom is -0.376 e. The highest BCUT2D eigenvalue weighted by atomic mass is 79.9. The van der Waals surface area contributed by atoms with E-state index >= 15 is 0 Å². The molecule has 0 aliphatic heterocycles. The van der Waals surface area contributed by atoms with Crippen LogP contribution in [0.4, 0.5) is 15.8 Å². The van der Waals surface area contributed by atoms with Crippen LogP contribution in [0.15, 0.2) is 40.9 Å². The first-order valence-corrected chi connectivity index (χ1v) is 7.38. The van der Waals surface area contributed by atoms with Crippen molar-refractivity contribution in [3.05, 3.63) is 57.3 Å². The second-order valence-corrected chi connectivity index (χ2v) is 5.78. The Hall–Kier alpha value is -1.59. The quantitative estimate of drug-likeness (QED) is 0.824. The molecule has 2 N–H and O–H groups in total. The van der Waals surface area contributed by atoms with Crippen molar-refractivity contribution in [1.29, 1.82) is 0 Å². The van der Waals surface area contributed by atoms with E-state index < -0.39 is 0 Å². The summed E-state index contributed by atoms with van der Waals surface area (Å²) in [5.74, 6) is -0.613. The van der Waals surface area contributed by atoms with Crippen molar-refractivity contribution in [2.45, 2.75) is 6.92 Å². The first-order chi connectivity index (χ1) is 9.95. The standard InChI is InChI=1S/C15H13BrClFN2O/c1-9-5-12(16)13(18)7-14(9)19-8-15(21)20-11-4-2-3-10(17)6-11/h2-7,19H,8H2,1H3,(H,20,21). The molecule has 0 spiro atoms. The topological polar surface area (TPSA) is 41.1 Å². The van der Waals surface area contributed by atoms with Crippen molar-refractivity contribution in [1.82, 2.24) is 0 Å². The lowest BCUT2D eigenvalue weighted by atomic mass is 10.2. The van der Waals surface area contributed by atoms with E-state index in [-0.39, 0.29) is 18.3 Å². The number of anilines is 2. The Bertz CT molecular complexity index is 679. The molecule has 0 aliphatic carbocycles. The van der Waals surface area contributed by atoms with Gasteiger partial charge in [0.2, 0.25) is 5.91 Å². The number of amides is 1. The summed E-state index contributed by atoms with van der Waals surface area (Å²) < 4.78 is 13.9. The summed E-state index contributed by atoms with van der Waals surface area (Å²) in [6.45, 7) is 1.87. The Morgan fingerprint density at radius 3 is 2.81 bits per heavy atom. The Morgan fingerprint density at radius 2 is 2.10 bits per heavy atom. The molecule has 0 saturated carbocycles. The van der Waals surface area contributed by atoms with Gasteiger partial charge in [0.15, 0.2) is 0 Å². The third-order valence-corrected chi connectivity index (χ3v) is 3.66. The molecule has 2 aromatic rings. The third-order valence-electron chi connectivity index (χ3n) is 2.82. The van der Waals surface area contributed by atoms with E-state index in [0.717, 1.165) is 5.56 Å². The minimum absolute atomic E-state index is 0.0361. The second-order valence-electron chi connectivity index (χ2n) is 4.49. The largest absolute Gasteiger partial charge is 0.376 e. The van der Waals surface area contributed by atoms with Gasteiger partial charge in [-0.05, 0) is 58.7 Å². The molecule has 0 aliphatic rings. The molecule has 6 heteroatoms. The Balaban J connectivity index is 1.97. The molecule has 0 fully saturated rings. The average molecular weight is 372 g/mol. The molecule has 0 unspecified atom stereocenters. The van der Waals surface area contributed by atoms with Gasteiger partial charge in [-0.1, -0.05) is 17.7 Å². The van der Waals surface area contributed by atoms with E-state index in [1.165, 1.54) is 6.07 Å². The lowest BCUT2D eigenvalue weighted by Gasteiger charge is -2.11. The minimum atomic E-state index is -0.377. The molecule has 0 aromatic heterocycles. The summed E-state index contributed by atoms with van der Waals surface area (Å²) in [7, 11) is 0. The number of benzene rings is 2. The van der Waals surface area contributed by atoms with Crippen LogP contribution in [0.2, 0.25) is 5.02 Å². The maximum Gasteiger partial charge on any atom is 0.243 e. The smallest absolute Gasteiger partial charge is 0.243 e. The van der Waals surface area contributed by atoms with Crippen molar-refractivity contribution >= 4 is 44.8 Å². The number of rotatable bonds is 4. The Kier molecular flexibility index (Phi) is 5.20. The molecule has 21 heavy (non-hydrogen) atoms. The van der Waals surface area contributed by atoms with Crippen molar-refractivity contribution in [2.75, 3.05) is 17.2 Å². The van der Waals surface area contributed by atoms with Crippen LogP contribution in [0, 0.1) is 12.7 Å². The van der Waals surface area contributed by atoms with Crippen molar-refractivity contribution in [2.24, 2.45) is 0 Å². The predicted octanol–water partition coefficient (Wildman–Crippen LogP) is 4.60. The van der Waals surface area contributed by atoms with Gasteiger partial charge in [0.1, 0.15) is 5.82 Å². The van der Waals surface area contributed by atoms with Gasteiger partial charge in [0, 0.05) is 16.4 Å². The first kappa shape index (κ1) is 15.8. The van der Waals surface area contributed by atoms with Crippen molar-refractivity contribution in [3.8, 4) is 0 Å². The van der Waals surface area contributed by atoms with Gasteiger partial charge < -0.3 is 10.6 Å². The number of halogens is 3. The fourth-order valence-corrected chi connectivity index (χ4v) is 2.43. The summed E-state index contributed by atoms with van der Waals surface area (Å²) in [5, 5.41) is 6.17. The average Bonchev–Trinajstić information content (AvgIpc) is 2.41. The van der Waals surface area contributed by atoms with Gasteiger partial charge in [-0.15, -0.1) is 0 Å². The van der Waals surface area contributed by atoms with Gasteiger partial charge in [-0.3, -0.25) is 4.79 Å². The number of hydrogen-bond donors (Lipinski definition) is 2. The highest BCUT2D eigenvalue weighted by Gasteiger charge is 2.07. The van der Waals surface area contributed by atoms with E-state index in [2.05, 4.69) is 26.6 Å². The van der Waals surface area contributed by atoms with Gasteiger partial charge in [0.25, 0.3) is 0 Å². The summed E-state index contributed by atoms with van der Waals surface area (Å²) in [6.07, 6.45) is 0. The summed E-state index contributed by atoms with van der Waals surface area (Å²) in [6, 6.07) is 9.89. The molecule has 0 radical (unpaired) electrons. The molecule has 0 heterocycles. The summed E-state index contributed by atoms with van der Waals surface area (Å²) >= 11 is 8.96. The molecule has 0 bridgehead atoms. The number of aryl methyl sites for hydroxylation is 1. The Labute approximate surface area is 135 Å². The van der Waals surface area contributed by atoms with Crippen LogP contribution in [0.3, 0.4) is 0 Å². The zero-order valence-electron chi connectivity index (χ0n) is 11.2. The summed E-state index contributed by atoms with van der Waals surface area (Å²) in [5.41, 5.74) is 2.05. The van der Waals surface area contributed by atoms with E-state index in [1.54, 1.807) is 30.3 Å². The predicted molar refractivity (Wildman–Crippen MR) is 87.4 cm³/mol. The fraction of sp³-hybridized carbons (Fsp3) is 0.133. The SMILES string of the molecule is Cc1cc(Br)c(F)cc1NCC(=O)Nc1cccc(Cl)c1. The van der Waals surface area contributed by atoms with Crippen molar-refractivity contribution in [3.63, 3.8) is 0 Å². The third kappa shape index (κ3) is 4.44. The van der Waals surface area contributed by atoms with Crippen LogP contribution < -0.4 is 10.6 Å². The van der Waals surface area contributed by atoms with E-state index in [0.29, 0.717) is 20.9 Å². The zero-order valence-corrected chi connectivity index (χ0v) is 13.6. The van der Waals surface area contributed by atoms with Crippen LogP contribution in [-0.4, -0.2) is 12.5 Å².